The van der Waals surface area contributed by atoms with Gasteiger partial charge in [0.1, 0.15) is 0 Å². The largest absolute Gasteiger partial charge is 0.392 e. The lowest BCUT2D eigenvalue weighted by molar-refractivity contribution is -0.117. The van der Waals surface area contributed by atoms with Crippen molar-refractivity contribution < 1.29 is 9.90 Å². The Morgan fingerprint density at radius 1 is 1.33 bits per heavy atom. The summed E-state index contributed by atoms with van der Waals surface area (Å²) in [6, 6.07) is 0. The summed E-state index contributed by atoms with van der Waals surface area (Å²) < 4.78 is 0. The number of Topliss-reactive ketones (excluding diaryl/α,β-unsaturated/α-hetero) is 1. The minimum absolute atomic E-state index is 0.0915. The number of carbonyl (C=O) groups excluding carboxylic acids is 1. The molecule has 3 rings (SSSR count). The number of carbonyl (C=O) groups is 1. The van der Waals surface area contributed by atoms with Gasteiger partial charge in [0.25, 0.3) is 0 Å². The number of rotatable bonds is 0. The maximum Gasteiger partial charge on any atom is 0.158 e. The van der Waals surface area contributed by atoms with E-state index in [1.165, 1.54) is 5.57 Å². The van der Waals surface area contributed by atoms with Crippen molar-refractivity contribution in [2.24, 2.45) is 23.2 Å². The fraction of sp³-hybridized carbons (Fsp3) is 0.812. The molecule has 0 saturated heterocycles. The first-order chi connectivity index (χ1) is 8.45. The SMILES string of the molecule is CC1=C2CCC3(C)C(C[C@H](C)C3O)C2CCC1=O. The highest BCUT2D eigenvalue weighted by molar-refractivity contribution is 5.96. The second-order valence-corrected chi connectivity index (χ2v) is 6.99. The molecule has 0 amide bonds. The van der Waals surface area contributed by atoms with Crippen molar-refractivity contribution in [2.75, 3.05) is 0 Å². The van der Waals surface area contributed by atoms with E-state index in [1.54, 1.807) is 0 Å². The third-order valence-corrected chi connectivity index (χ3v) is 6.14. The first-order valence-electron chi connectivity index (χ1n) is 7.36. The average Bonchev–Trinajstić information content (AvgIpc) is 2.57. The van der Waals surface area contributed by atoms with Crippen LogP contribution in [0.15, 0.2) is 11.1 Å². The highest BCUT2D eigenvalue weighted by Crippen LogP contribution is 2.59. The van der Waals surface area contributed by atoms with Gasteiger partial charge >= 0.3 is 0 Å². The van der Waals surface area contributed by atoms with E-state index in [0.717, 1.165) is 37.7 Å². The third kappa shape index (κ3) is 1.48. The molecule has 0 aliphatic heterocycles. The summed E-state index contributed by atoms with van der Waals surface area (Å²) in [6.07, 6.45) is 4.80. The fourth-order valence-corrected chi connectivity index (χ4v) is 4.95. The lowest BCUT2D eigenvalue weighted by atomic mass is 9.58. The topological polar surface area (TPSA) is 37.3 Å². The summed E-state index contributed by atoms with van der Waals surface area (Å²) in [6.45, 7) is 6.47. The summed E-state index contributed by atoms with van der Waals surface area (Å²) in [4.78, 5) is 11.8. The molecule has 2 heteroatoms. The van der Waals surface area contributed by atoms with Gasteiger partial charge in [-0.2, -0.15) is 0 Å². The van der Waals surface area contributed by atoms with Gasteiger partial charge < -0.3 is 5.11 Å². The number of ketones is 1. The van der Waals surface area contributed by atoms with Gasteiger partial charge in [-0.05, 0) is 61.3 Å². The second-order valence-electron chi connectivity index (χ2n) is 6.99. The van der Waals surface area contributed by atoms with Crippen molar-refractivity contribution in [2.45, 2.75) is 59.0 Å². The average molecular weight is 248 g/mol. The molecule has 1 N–H and O–H groups in total. The third-order valence-electron chi connectivity index (χ3n) is 6.14. The Bertz CT molecular complexity index is 423. The normalized spacial score (nSPS) is 48.1. The molecule has 3 aliphatic carbocycles. The summed E-state index contributed by atoms with van der Waals surface area (Å²) in [5.74, 6) is 1.93. The van der Waals surface area contributed by atoms with Crippen LogP contribution in [0.5, 0.6) is 0 Å². The Hall–Kier alpha value is -0.630. The smallest absolute Gasteiger partial charge is 0.158 e. The number of allylic oxidation sites excluding steroid dienone is 2. The van der Waals surface area contributed by atoms with Gasteiger partial charge in [0.05, 0.1) is 6.10 Å². The molecule has 5 atom stereocenters. The van der Waals surface area contributed by atoms with E-state index in [2.05, 4.69) is 13.8 Å². The van der Waals surface area contributed by atoms with Crippen molar-refractivity contribution in [3.8, 4) is 0 Å². The summed E-state index contributed by atoms with van der Waals surface area (Å²) in [5, 5.41) is 10.5. The molecule has 100 valence electrons. The molecule has 0 aromatic carbocycles. The predicted octanol–water partition coefficient (Wildman–Crippen LogP) is 3.10. The van der Waals surface area contributed by atoms with Crippen LogP contribution in [0.3, 0.4) is 0 Å². The lowest BCUT2D eigenvalue weighted by Crippen LogP contribution is -2.42. The molecule has 2 fully saturated rings. The predicted molar refractivity (Wildman–Crippen MR) is 71.0 cm³/mol. The minimum Gasteiger partial charge on any atom is -0.392 e. The number of hydrogen-bond acceptors (Lipinski definition) is 2. The number of aliphatic hydroxyl groups excluding tert-OH is 1. The lowest BCUT2D eigenvalue weighted by Gasteiger charge is -2.47. The maximum absolute atomic E-state index is 11.8. The Morgan fingerprint density at radius 3 is 2.78 bits per heavy atom. The summed E-state index contributed by atoms with van der Waals surface area (Å²) in [7, 11) is 0. The van der Waals surface area contributed by atoms with E-state index in [4.69, 9.17) is 0 Å². The van der Waals surface area contributed by atoms with Gasteiger partial charge in [0, 0.05) is 6.42 Å². The number of aliphatic hydroxyl groups is 1. The minimum atomic E-state index is -0.151. The maximum atomic E-state index is 11.8. The van der Waals surface area contributed by atoms with E-state index in [0.29, 0.717) is 23.5 Å². The second kappa shape index (κ2) is 3.93. The van der Waals surface area contributed by atoms with Gasteiger partial charge in [0.15, 0.2) is 5.78 Å². The Morgan fingerprint density at radius 2 is 2.06 bits per heavy atom. The monoisotopic (exact) mass is 248 g/mol. The van der Waals surface area contributed by atoms with E-state index in [-0.39, 0.29) is 11.5 Å². The quantitative estimate of drug-likeness (QED) is 0.715. The zero-order chi connectivity index (χ0) is 13.1. The highest BCUT2D eigenvalue weighted by Gasteiger charge is 2.55. The van der Waals surface area contributed by atoms with Gasteiger partial charge in [-0.1, -0.05) is 19.4 Å². The summed E-state index contributed by atoms with van der Waals surface area (Å²) in [5.41, 5.74) is 2.56. The molecule has 0 spiro atoms. The van der Waals surface area contributed by atoms with Crippen molar-refractivity contribution >= 4 is 5.78 Å². The van der Waals surface area contributed by atoms with E-state index >= 15 is 0 Å². The molecule has 18 heavy (non-hydrogen) atoms. The van der Waals surface area contributed by atoms with E-state index < -0.39 is 0 Å². The Balaban J connectivity index is 1.99. The molecular formula is C16H24O2. The first kappa shape index (κ1) is 12.4. The van der Waals surface area contributed by atoms with Crippen LogP contribution in [0.2, 0.25) is 0 Å². The molecule has 0 radical (unpaired) electrons. The van der Waals surface area contributed by atoms with Crippen LogP contribution < -0.4 is 0 Å². The van der Waals surface area contributed by atoms with E-state index in [9.17, 15) is 9.90 Å². The molecule has 4 unspecified atom stereocenters. The van der Waals surface area contributed by atoms with Crippen LogP contribution in [-0.2, 0) is 4.79 Å². The molecule has 0 heterocycles. The number of hydrogen-bond donors (Lipinski definition) is 1. The number of fused-ring (bicyclic) bond motifs is 3. The fourth-order valence-electron chi connectivity index (χ4n) is 4.95. The van der Waals surface area contributed by atoms with Crippen LogP contribution >= 0.6 is 0 Å². The molecule has 0 aromatic rings. The van der Waals surface area contributed by atoms with Crippen molar-refractivity contribution in [1.82, 2.24) is 0 Å². The van der Waals surface area contributed by atoms with Crippen molar-refractivity contribution in [3.63, 3.8) is 0 Å². The van der Waals surface area contributed by atoms with Crippen molar-refractivity contribution in [1.29, 1.82) is 0 Å². The van der Waals surface area contributed by atoms with Crippen LogP contribution in [0, 0.1) is 23.2 Å². The Labute approximate surface area is 109 Å². The van der Waals surface area contributed by atoms with Crippen LogP contribution in [0.1, 0.15) is 52.9 Å². The van der Waals surface area contributed by atoms with Gasteiger partial charge in [-0.15, -0.1) is 0 Å². The van der Waals surface area contributed by atoms with E-state index in [1.807, 2.05) is 6.92 Å². The van der Waals surface area contributed by atoms with Crippen LogP contribution in [-0.4, -0.2) is 17.0 Å². The molecule has 2 nitrogen and oxygen atoms in total. The molecule has 0 aromatic heterocycles. The molecule has 2 saturated carbocycles. The highest BCUT2D eigenvalue weighted by atomic mass is 16.3. The molecule has 0 bridgehead atoms. The zero-order valence-corrected chi connectivity index (χ0v) is 11.7. The standard InChI is InChI=1S/C16H24O2/c1-9-8-13-12-4-5-14(17)10(2)11(12)6-7-16(13,3)15(9)18/h9,12-13,15,18H,4-8H2,1-3H3/t9-,12?,13?,15?,16?/m0/s1. The zero-order valence-electron chi connectivity index (χ0n) is 11.7. The van der Waals surface area contributed by atoms with Crippen molar-refractivity contribution in [3.05, 3.63) is 11.1 Å². The summed E-state index contributed by atoms with van der Waals surface area (Å²) >= 11 is 0. The Kier molecular flexibility index (Phi) is 2.71. The van der Waals surface area contributed by atoms with Crippen LogP contribution in [0.25, 0.3) is 0 Å². The van der Waals surface area contributed by atoms with Crippen LogP contribution in [0.4, 0.5) is 0 Å². The van der Waals surface area contributed by atoms with Gasteiger partial charge in [0.2, 0.25) is 0 Å². The van der Waals surface area contributed by atoms with Gasteiger partial charge in [-0.3, -0.25) is 4.79 Å². The molecule has 3 aliphatic rings. The molecular weight excluding hydrogens is 224 g/mol. The first-order valence-corrected chi connectivity index (χ1v) is 7.36. The van der Waals surface area contributed by atoms with Gasteiger partial charge in [-0.25, -0.2) is 0 Å².